The van der Waals surface area contributed by atoms with Crippen LogP contribution in [0.25, 0.3) is 0 Å². The molecule has 1 aromatic rings. The topological polar surface area (TPSA) is 78.4 Å². The summed E-state index contributed by atoms with van der Waals surface area (Å²) in [5.74, 6) is 1.11. The van der Waals surface area contributed by atoms with Crippen LogP contribution >= 0.6 is 11.8 Å². The number of urea groups is 1. The first-order valence-corrected chi connectivity index (χ1v) is 8.12. The van der Waals surface area contributed by atoms with Crippen LogP contribution in [0.1, 0.15) is 25.8 Å². The van der Waals surface area contributed by atoms with Crippen LogP contribution in [0.3, 0.4) is 0 Å². The predicted octanol–water partition coefficient (Wildman–Crippen LogP) is 2.97. The summed E-state index contributed by atoms with van der Waals surface area (Å²) in [5.41, 5.74) is 1.64. The third-order valence-electron chi connectivity index (χ3n) is 2.79. The minimum absolute atomic E-state index is 0.111. The van der Waals surface area contributed by atoms with Gasteiger partial charge in [-0.15, -0.1) is 0 Å². The van der Waals surface area contributed by atoms with Gasteiger partial charge in [0.25, 0.3) is 0 Å². The summed E-state index contributed by atoms with van der Waals surface area (Å²) >= 11 is 1.78. The van der Waals surface area contributed by atoms with Crippen LogP contribution < -0.4 is 10.6 Å². The molecule has 1 unspecified atom stereocenters. The van der Waals surface area contributed by atoms with Crippen LogP contribution in [0.5, 0.6) is 0 Å². The van der Waals surface area contributed by atoms with Crippen molar-refractivity contribution in [1.82, 2.24) is 5.32 Å². The van der Waals surface area contributed by atoms with E-state index < -0.39 is 5.97 Å². The molecule has 0 aliphatic heterocycles. The van der Waals surface area contributed by atoms with Gasteiger partial charge in [-0.05, 0) is 36.8 Å². The number of rotatable bonds is 8. The minimum atomic E-state index is -0.810. The Morgan fingerprint density at radius 1 is 1.29 bits per heavy atom. The van der Waals surface area contributed by atoms with E-state index in [0.29, 0.717) is 12.1 Å². The Labute approximate surface area is 129 Å². The van der Waals surface area contributed by atoms with E-state index in [9.17, 15) is 9.59 Å². The maximum Gasteiger partial charge on any atom is 0.319 e. The van der Waals surface area contributed by atoms with Crippen LogP contribution in [0.2, 0.25) is 0 Å². The van der Waals surface area contributed by atoms with E-state index in [2.05, 4.69) is 17.6 Å². The number of hydrogen-bond donors (Lipinski definition) is 3. The van der Waals surface area contributed by atoms with Crippen LogP contribution in [0.15, 0.2) is 24.3 Å². The molecule has 1 aromatic carbocycles. The molecule has 0 bridgehead atoms. The number of aryl methyl sites for hydroxylation is 1. The van der Waals surface area contributed by atoms with E-state index in [0.717, 1.165) is 17.1 Å². The van der Waals surface area contributed by atoms with Crippen molar-refractivity contribution in [2.75, 3.05) is 16.8 Å². The van der Waals surface area contributed by atoms with Crippen molar-refractivity contribution < 1.29 is 14.7 Å². The van der Waals surface area contributed by atoms with Gasteiger partial charge < -0.3 is 15.7 Å². The minimum Gasteiger partial charge on any atom is -0.481 e. The van der Waals surface area contributed by atoms with Crippen molar-refractivity contribution in [3.8, 4) is 0 Å². The molecule has 2 amide bonds. The van der Waals surface area contributed by atoms with Crippen molar-refractivity contribution >= 4 is 29.4 Å². The first-order chi connectivity index (χ1) is 10.0. The number of amides is 2. The summed E-state index contributed by atoms with van der Waals surface area (Å²) in [6.07, 6.45) is 0.604. The number of benzene rings is 1. The fraction of sp³-hybridized carbons (Fsp3) is 0.467. The maximum absolute atomic E-state index is 11.8. The molecule has 0 heterocycles. The molecule has 0 saturated heterocycles. The number of carboxylic acids is 1. The molecule has 0 spiro atoms. The van der Waals surface area contributed by atoms with Gasteiger partial charge in [0.05, 0.1) is 0 Å². The van der Waals surface area contributed by atoms with E-state index in [1.165, 1.54) is 0 Å². The molecule has 21 heavy (non-hydrogen) atoms. The lowest BCUT2D eigenvalue weighted by Crippen LogP contribution is -2.37. The summed E-state index contributed by atoms with van der Waals surface area (Å²) in [4.78, 5) is 22.3. The first-order valence-electron chi connectivity index (χ1n) is 6.97. The fourth-order valence-corrected chi connectivity index (χ4v) is 2.41. The lowest BCUT2D eigenvalue weighted by atomic mass is 10.1. The molecule has 3 N–H and O–H groups in total. The number of thioether (sulfide) groups is 1. The Balaban J connectivity index is 2.40. The Morgan fingerprint density at radius 3 is 2.52 bits per heavy atom. The van der Waals surface area contributed by atoms with Gasteiger partial charge in [-0.2, -0.15) is 11.8 Å². The largest absolute Gasteiger partial charge is 0.481 e. The summed E-state index contributed by atoms with van der Waals surface area (Å²) in [5, 5.41) is 14.3. The second-order valence-corrected chi connectivity index (χ2v) is 6.07. The highest BCUT2D eigenvalue weighted by Crippen LogP contribution is 2.11. The van der Waals surface area contributed by atoms with Crippen LogP contribution in [0, 0.1) is 0 Å². The lowest BCUT2D eigenvalue weighted by Gasteiger charge is -2.14. The molecule has 0 fully saturated rings. The normalized spacial score (nSPS) is 11.7. The molecular formula is C15H22N2O3S. The molecule has 116 valence electrons. The highest BCUT2D eigenvalue weighted by atomic mass is 32.2. The maximum atomic E-state index is 11.8. The van der Waals surface area contributed by atoms with Crippen molar-refractivity contribution in [2.24, 2.45) is 0 Å². The van der Waals surface area contributed by atoms with Gasteiger partial charge in [0.1, 0.15) is 0 Å². The third-order valence-corrected chi connectivity index (χ3v) is 3.93. The molecular weight excluding hydrogens is 288 g/mol. The Morgan fingerprint density at radius 2 is 1.95 bits per heavy atom. The molecule has 0 aliphatic carbocycles. The number of anilines is 1. The number of nitrogens with one attached hydrogen (secondary N) is 2. The molecule has 6 heteroatoms. The summed E-state index contributed by atoms with van der Waals surface area (Å²) < 4.78 is 0. The lowest BCUT2D eigenvalue weighted by molar-refractivity contribution is -0.136. The van der Waals surface area contributed by atoms with Gasteiger partial charge >= 0.3 is 12.0 Å². The number of carbonyl (C=O) groups excluding carboxylic acids is 1. The number of carboxylic acid groups (broad SMARTS) is 1. The summed E-state index contributed by atoms with van der Waals surface area (Å²) in [7, 11) is 0. The smallest absolute Gasteiger partial charge is 0.319 e. The van der Waals surface area contributed by atoms with Crippen LogP contribution in [-0.2, 0) is 11.2 Å². The number of hydrogen-bond acceptors (Lipinski definition) is 3. The molecule has 0 radical (unpaired) electrons. The van der Waals surface area contributed by atoms with Crippen LogP contribution in [-0.4, -0.2) is 34.7 Å². The van der Waals surface area contributed by atoms with Crippen LogP contribution in [0.4, 0.5) is 10.5 Å². The number of aliphatic carboxylic acids is 1. The highest BCUT2D eigenvalue weighted by molar-refractivity contribution is 7.99. The average Bonchev–Trinajstić information content (AvgIpc) is 2.44. The summed E-state index contributed by atoms with van der Waals surface area (Å²) in [6, 6.07) is 7.11. The van der Waals surface area contributed by atoms with E-state index in [1.807, 2.05) is 19.1 Å². The van der Waals surface area contributed by atoms with Gasteiger partial charge in [-0.3, -0.25) is 4.79 Å². The monoisotopic (exact) mass is 310 g/mol. The first kappa shape index (κ1) is 17.4. The Bertz CT molecular complexity index is 462. The second-order valence-electron chi connectivity index (χ2n) is 4.75. The van der Waals surface area contributed by atoms with Gasteiger partial charge in [-0.1, -0.05) is 19.1 Å². The Hall–Kier alpha value is -1.69. The SMILES string of the molecule is CCSCC(C)NC(=O)Nc1ccc(CCC(=O)O)cc1. The van der Waals surface area contributed by atoms with Gasteiger partial charge in [-0.25, -0.2) is 4.79 Å². The molecule has 0 aliphatic rings. The molecule has 5 nitrogen and oxygen atoms in total. The standard InChI is InChI=1S/C15H22N2O3S/c1-3-21-10-11(2)16-15(20)17-13-7-4-12(5-8-13)6-9-14(18)19/h4-5,7-8,11H,3,6,9-10H2,1-2H3,(H,18,19)(H2,16,17,20). The van der Waals surface area contributed by atoms with E-state index >= 15 is 0 Å². The molecule has 1 atom stereocenters. The zero-order valence-electron chi connectivity index (χ0n) is 12.4. The predicted molar refractivity (Wildman–Crippen MR) is 87.0 cm³/mol. The van der Waals surface area contributed by atoms with Crippen molar-refractivity contribution in [1.29, 1.82) is 0 Å². The third kappa shape index (κ3) is 7.60. The van der Waals surface area contributed by atoms with E-state index in [-0.39, 0.29) is 18.5 Å². The molecule has 0 aromatic heterocycles. The van der Waals surface area contributed by atoms with Crippen molar-refractivity contribution in [2.45, 2.75) is 32.7 Å². The number of carbonyl (C=O) groups is 2. The van der Waals surface area contributed by atoms with E-state index in [1.54, 1.807) is 23.9 Å². The van der Waals surface area contributed by atoms with Gasteiger partial charge in [0.15, 0.2) is 0 Å². The Kier molecular flexibility index (Phi) is 7.68. The van der Waals surface area contributed by atoms with Crippen molar-refractivity contribution in [3.05, 3.63) is 29.8 Å². The highest BCUT2D eigenvalue weighted by Gasteiger charge is 2.07. The molecule has 1 rings (SSSR count). The molecule has 0 saturated carbocycles. The van der Waals surface area contributed by atoms with Gasteiger partial charge in [0.2, 0.25) is 0 Å². The fourth-order valence-electron chi connectivity index (χ4n) is 1.73. The summed E-state index contributed by atoms with van der Waals surface area (Å²) in [6.45, 7) is 4.06. The quantitative estimate of drug-likeness (QED) is 0.690. The average molecular weight is 310 g/mol. The van der Waals surface area contributed by atoms with Gasteiger partial charge in [0, 0.05) is 23.9 Å². The van der Waals surface area contributed by atoms with Crippen molar-refractivity contribution in [3.63, 3.8) is 0 Å². The van der Waals surface area contributed by atoms with E-state index in [4.69, 9.17) is 5.11 Å². The zero-order chi connectivity index (χ0) is 15.7. The zero-order valence-corrected chi connectivity index (χ0v) is 13.2. The second kappa shape index (κ2) is 9.28.